The number of methoxy groups -OCH3 is 1. The van der Waals surface area contributed by atoms with E-state index in [1.807, 2.05) is 11.7 Å². The lowest BCUT2D eigenvalue weighted by Crippen LogP contribution is -2.48. The van der Waals surface area contributed by atoms with Crippen LogP contribution in [0.4, 0.5) is 5.69 Å². The Labute approximate surface area is 172 Å². The molecule has 0 amide bonds. The lowest BCUT2D eigenvalue weighted by atomic mass is 10.1. The van der Waals surface area contributed by atoms with Gasteiger partial charge in [0.15, 0.2) is 11.8 Å². The summed E-state index contributed by atoms with van der Waals surface area (Å²) in [5.74, 6) is 2.64. The first kappa shape index (κ1) is 19.7. The number of guanidine groups is 1. The summed E-state index contributed by atoms with van der Waals surface area (Å²) >= 11 is 0. The van der Waals surface area contributed by atoms with Crippen molar-refractivity contribution >= 4 is 11.6 Å². The fourth-order valence-electron chi connectivity index (χ4n) is 4.32. The third kappa shape index (κ3) is 4.37. The fraction of sp³-hybridized carbons (Fsp3) is 0.571. The first-order valence-corrected chi connectivity index (χ1v) is 10.4. The number of aryl methyl sites for hydroxylation is 1. The lowest BCUT2D eigenvalue weighted by molar-refractivity contribution is 0.177. The predicted octanol–water partition coefficient (Wildman–Crippen LogP) is 1.36. The Morgan fingerprint density at radius 1 is 1.34 bits per heavy atom. The minimum absolute atomic E-state index is 0.289. The minimum Gasteiger partial charge on any atom is -0.377 e. The van der Waals surface area contributed by atoms with Gasteiger partial charge < -0.3 is 20.3 Å². The highest BCUT2D eigenvalue weighted by molar-refractivity contribution is 5.80. The van der Waals surface area contributed by atoms with Crippen LogP contribution >= 0.6 is 0 Å². The normalized spacial score (nSPS) is 21.1. The molecule has 4 rings (SSSR count). The molecule has 3 heterocycles. The molecule has 0 radical (unpaired) electrons. The molecule has 2 aromatic rings. The molecular weight excluding hydrogens is 366 g/mol. The molecule has 1 aromatic heterocycles. The summed E-state index contributed by atoms with van der Waals surface area (Å²) < 4.78 is 7.14. The molecule has 0 saturated heterocycles. The number of fused-ring (bicyclic) bond motifs is 2. The Bertz CT molecular complexity index is 862. The molecule has 0 spiro atoms. The highest BCUT2D eigenvalue weighted by Gasteiger charge is 2.25. The van der Waals surface area contributed by atoms with Crippen molar-refractivity contribution in [2.75, 3.05) is 32.1 Å². The number of nitrogens with zero attached hydrogens (tertiary/aromatic N) is 5. The topological polar surface area (TPSA) is 79.6 Å². The molecule has 156 valence electrons. The maximum absolute atomic E-state index is 5.14. The number of para-hydroxylation sites is 1. The van der Waals surface area contributed by atoms with Gasteiger partial charge in [-0.05, 0) is 31.4 Å². The van der Waals surface area contributed by atoms with Crippen LogP contribution in [0.25, 0.3) is 0 Å². The van der Waals surface area contributed by atoms with E-state index in [9.17, 15) is 0 Å². The van der Waals surface area contributed by atoms with Gasteiger partial charge in [0, 0.05) is 51.4 Å². The van der Waals surface area contributed by atoms with Crippen LogP contribution in [0.5, 0.6) is 0 Å². The molecule has 1 aromatic carbocycles. The molecule has 2 aliphatic heterocycles. The van der Waals surface area contributed by atoms with Crippen LogP contribution in [-0.4, -0.2) is 60.1 Å². The number of rotatable bonds is 6. The van der Waals surface area contributed by atoms with E-state index < -0.39 is 0 Å². The standard InChI is InChI=1S/C21H31N7O/c1-15-12-16-6-4-5-7-18(16)27(15)11-10-23-21(22-2)24-17-8-9-20-25-19(14-29-3)26-28(20)13-17/h4-7,15,17H,8-14H2,1-3H3,(H2,22,23,24). The van der Waals surface area contributed by atoms with Gasteiger partial charge in [-0.25, -0.2) is 9.67 Å². The van der Waals surface area contributed by atoms with Crippen molar-refractivity contribution in [2.45, 2.75) is 51.4 Å². The monoisotopic (exact) mass is 397 g/mol. The van der Waals surface area contributed by atoms with E-state index >= 15 is 0 Å². The van der Waals surface area contributed by atoms with Crippen molar-refractivity contribution in [1.29, 1.82) is 0 Å². The maximum atomic E-state index is 5.14. The SMILES string of the molecule is CN=C(NCCN1c2ccccc2CC1C)NC1CCc2nc(COC)nn2C1. The van der Waals surface area contributed by atoms with Gasteiger partial charge >= 0.3 is 0 Å². The number of benzene rings is 1. The van der Waals surface area contributed by atoms with E-state index in [0.717, 1.165) is 56.5 Å². The molecule has 0 saturated carbocycles. The van der Waals surface area contributed by atoms with Crippen LogP contribution in [0, 0.1) is 0 Å². The van der Waals surface area contributed by atoms with Crippen LogP contribution in [0.3, 0.4) is 0 Å². The number of nitrogens with one attached hydrogen (secondary N) is 2. The van der Waals surface area contributed by atoms with E-state index in [2.05, 4.69) is 61.8 Å². The first-order chi connectivity index (χ1) is 14.2. The molecule has 2 aliphatic rings. The summed E-state index contributed by atoms with van der Waals surface area (Å²) in [4.78, 5) is 11.4. The van der Waals surface area contributed by atoms with E-state index in [1.54, 1.807) is 7.11 Å². The van der Waals surface area contributed by atoms with Gasteiger partial charge in [-0.1, -0.05) is 18.2 Å². The molecule has 8 nitrogen and oxygen atoms in total. The van der Waals surface area contributed by atoms with Gasteiger partial charge in [-0.15, -0.1) is 0 Å². The van der Waals surface area contributed by atoms with E-state index in [1.165, 1.54) is 11.3 Å². The fourth-order valence-corrected chi connectivity index (χ4v) is 4.32. The average molecular weight is 398 g/mol. The maximum Gasteiger partial charge on any atom is 0.191 e. The first-order valence-electron chi connectivity index (χ1n) is 10.4. The Morgan fingerprint density at radius 3 is 3.03 bits per heavy atom. The van der Waals surface area contributed by atoms with Gasteiger partial charge in [0.2, 0.25) is 0 Å². The highest BCUT2D eigenvalue weighted by atomic mass is 16.5. The zero-order valence-corrected chi connectivity index (χ0v) is 17.6. The van der Waals surface area contributed by atoms with Gasteiger partial charge in [-0.3, -0.25) is 4.99 Å². The van der Waals surface area contributed by atoms with Crippen molar-refractivity contribution in [2.24, 2.45) is 4.99 Å². The second-order valence-corrected chi connectivity index (χ2v) is 7.81. The van der Waals surface area contributed by atoms with Gasteiger partial charge in [0.25, 0.3) is 0 Å². The average Bonchev–Trinajstić information content (AvgIpc) is 3.27. The Balaban J connectivity index is 1.28. The second-order valence-electron chi connectivity index (χ2n) is 7.81. The number of hydrogen-bond acceptors (Lipinski definition) is 5. The third-order valence-corrected chi connectivity index (χ3v) is 5.73. The van der Waals surface area contributed by atoms with Crippen molar-refractivity contribution in [1.82, 2.24) is 25.4 Å². The summed E-state index contributed by atoms with van der Waals surface area (Å²) in [6, 6.07) is 9.53. The van der Waals surface area contributed by atoms with Crippen LogP contribution in [0.2, 0.25) is 0 Å². The number of aromatic nitrogens is 3. The Morgan fingerprint density at radius 2 is 2.21 bits per heavy atom. The Hall–Kier alpha value is -2.61. The van der Waals surface area contributed by atoms with Crippen LogP contribution in [-0.2, 0) is 30.7 Å². The molecule has 0 bridgehead atoms. The van der Waals surface area contributed by atoms with E-state index in [4.69, 9.17) is 4.74 Å². The minimum atomic E-state index is 0.289. The molecule has 0 fully saturated rings. The molecule has 2 unspecified atom stereocenters. The summed E-state index contributed by atoms with van der Waals surface area (Å²) in [5.41, 5.74) is 2.81. The summed E-state index contributed by atoms with van der Waals surface area (Å²) in [5, 5.41) is 11.6. The molecule has 8 heteroatoms. The van der Waals surface area contributed by atoms with Crippen LogP contribution < -0.4 is 15.5 Å². The smallest absolute Gasteiger partial charge is 0.191 e. The quantitative estimate of drug-likeness (QED) is 0.566. The zero-order chi connectivity index (χ0) is 20.2. The van der Waals surface area contributed by atoms with Gasteiger partial charge in [0.1, 0.15) is 12.4 Å². The number of aliphatic imine (C=N–C) groups is 1. The number of hydrogen-bond donors (Lipinski definition) is 2. The molecule has 2 atom stereocenters. The molecule has 0 aliphatic carbocycles. The summed E-state index contributed by atoms with van der Waals surface area (Å²) in [6.07, 6.45) is 3.05. The second kappa shape index (κ2) is 8.82. The largest absolute Gasteiger partial charge is 0.377 e. The highest BCUT2D eigenvalue weighted by Crippen LogP contribution is 2.31. The number of anilines is 1. The van der Waals surface area contributed by atoms with E-state index in [-0.39, 0.29) is 6.04 Å². The van der Waals surface area contributed by atoms with Crippen molar-refractivity contribution in [3.05, 3.63) is 41.5 Å². The lowest BCUT2D eigenvalue weighted by Gasteiger charge is -2.27. The summed E-state index contributed by atoms with van der Waals surface area (Å²) in [7, 11) is 3.49. The van der Waals surface area contributed by atoms with Crippen molar-refractivity contribution < 1.29 is 4.74 Å². The van der Waals surface area contributed by atoms with Crippen molar-refractivity contribution in [3.63, 3.8) is 0 Å². The molecule has 29 heavy (non-hydrogen) atoms. The van der Waals surface area contributed by atoms with Gasteiger partial charge in [-0.2, -0.15) is 5.10 Å². The molecular formula is C21H31N7O. The zero-order valence-electron chi connectivity index (χ0n) is 17.6. The Kier molecular flexibility index (Phi) is 5.99. The van der Waals surface area contributed by atoms with Crippen molar-refractivity contribution in [3.8, 4) is 0 Å². The summed E-state index contributed by atoms with van der Waals surface area (Å²) in [6.45, 7) is 5.35. The molecule has 2 N–H and O–H groups in total. The van der Waals surface area contributed by atoms with Gasteiger partial charge in [0.05, 0.1) is 6.54 Å². The number of ether oxygens (including phenoxy) is 1. The predicted molar refractivity (Wildman–Crippen MR) is 114 cm³/mol. The van der Waals surface area contributed by atoms with Crippen LogP contribution in [0.15, 0.2) is 29.3 Å². The van der Waals surface area contributed by atoms with E-state index in [0.29, 0.717) is 12.6 Å². The van der Waals surface area contributed by atoms with Crippen LogP contribution in [0.1, 0.15) is 30.6 Å². The third-order valence-electron chi connectivity index (χ3n) is 5.73.